The highest BCUT2D eigenvalue weighted by molar-refractivity contribution is 5.95. The van der Waals surface area contributed by atoms with Crippen LogP contribution in [0.4, 0.5) is 0 Å². The molecule has 0 bridgehead atoms. The number of furan rings is 1. The molecule has 0 spiro atoms. The van der Waals surface area contributed by atoms with Crippen LogP contribution in [0.5, 0.6) is 5.75 Å². The van der Waals surface area contributed by atoms with Gasteiger partial charge in [0.15, 0.2) is 0 Å². The lowest BCUT2D eigenvalue weighted by Crippen LogP contribution is -2.29. The summed E-state index contributed by atoms with van der Waals surface area (Å²) in [5.41, 5.74) is 3.89. The van der Waals surface area contributed by atoms with E-state index in [0.29, 0.717) is 17.9 Å². The first-order chi connectivity index (χ1) is 13.7. The van der Waals surface area contributed by atoms with Crippen molar-refractivity contribution in [3.05, 3.63) is 89.5 Å². The molecule has 1 atom stereocenters. The Bertz CT molecular complexity index is 1090. The second-order valence-corrected chi connectivity index (χ2v) is 6.72. The second-order valence-electron chi connectivity index (χ2n) is 6.72. The minimum Gasteiger partial charge on any atom is -0.497 e. The van der Waals surface area contributed by atoms with Gasteiger partial charge in [0.05, 0.1) is 18.9 Å². The molecule has 0 fully saturated rings. The van der Waals surface area contributed by atoms with Crippen LogP contribution < -0.4 is 10.1 Å². The molecule has 0 aliphatic carbocycles. The highest BCUT2D eigenvalue weighted by Crippen LogP contribution is 2.31. The fourth-order valence-corrected chi connectivity index (χ4v) is 3.54. The third-order valence-electron chi connectivity index (χ3n) is 5.09. The number of hydrogen-bond donors (Lipinski definition) is 2. The number of aryl methyl sites for hydroxylation is 1. The zero-order valence-corrected chi connectivity index (χ0v) is 15.9. The fourth-order valence-electron chi connectivity index (χ4n) is 3.54. The number of aromatic amines is 1. The van der Waals surface area contributed by atoms with E-state index in [9.17, 15) is 4.79 Å². The largest absolute Gasteiger partial charge is 0.497 e. The van der Waals surface area contributed by atoms with Gasteiger partial charge in [0.25, 0.3) is 5.91 Å². The average molecular weight is 374 g/mol. The van der Waals surface area contributed by atoms with Gasteiger partial charge in [-0.2, -0.15) is 0 Å². The number of nitrogens with one attached hydrogen (secondary N) is 2. The van der Waals surface area contributed by atoms with Crippen LogP contribution in [0.2, 0.25) is 0 Å². The number of carbonyl (C=O) groups excluding carboxylic acids is 1. The van der Waals surface area contributed by atoms with Crippen LogP contribution in [0.15, 0.2) is 71.5 Å². The Labute approximate surface area is 163 Å². The van der Waals surface area contributed by atoms with Crippen LogP contribution >= 0.6 is 0 Å². The summed E-state index contributed by atoms with van der Waals surface area (Å²) in [6.07, 6.45) is 3.56. The third-order valence-corrected chi connectivity index (χ3v) is 5.09. The molecule has 4 rings (SSSR count). The molecule has 0 aliphatic heterocycles. The van der Waals surface area contributed by atoms with Gasteiger partial charge in [0, 0.05) is 29.6 Å². The van der Waals surface area contributed by atoms with E-state index in [0.717, 1.165) is 27.8 Å². The topological polar surface area (TPSA) is 67.3 Å². The van der Waals surface area contributed by atoms with Crippen molar-refractivity contribution in [3.63, 3.8) is 0 Å². The summed E-state index contributed by atoms with van der Waals surface area (Å²) in [5.74, 6) is 1.29. The van der Waals surface area contributed by atoms with Crippen LogP contribution in [0.1, 0.15) is 33.2 Å². The number of para-hydroxylation sites is 1. The van der Waals surface area contributed by atoms with Gasteiger partial charge >= 0.3 is 0 Å². The molecule has 1 amide bonds. The maximum atomic E-state index is 12.6. The number of fused-ring (bicyclic) bond motifs is 1. The Morgan fingerprint density at radius 2 is 1.93 bits per heavy atom. The minimum atomic E-state index is -0.135. The molecule has 2 N–H and O–H groups in total. The van der Waals surface area contributed by atoms with E-state index in [1.54, 1.807) is 20.1 Å². The molecule has 5 nitrogen and oxygen atoms in total. The molecule has 142 valence electrons. The number of amides is 1. The molecule has 0 saturated carbocycles. The predicted octanol–water partition coefficient (Wildman–Crippen LogP) is 4.64. The van der Waals surface area contributed by atoms with E-state index >= 15 is 0 Å². The number of H-pyrrole nitrogens is 1. The number of ether oxygens (including phenoxy) is 1. The predicted molar refractivity (Wildman–Crippen MR) is 109 cm³/mol. The van der Waals surface area contributed by atoms with Gasteiger partial charge in [-0.25, -0.2) is 0 Å². The van der Waals surface area contributed by atoms with Crippen LogP contribution in [-0.4, -0.2) is 24.5 Å². The van der Waals surface area contributed by atoms with Crippen molar-refractivity contribution >= 4 is 16.8 Å². The van der Waals surface area contributed by atoms with E-state index < -0.39 is 0 Å². The third kappa shape index (κ3) is 3.39. The lowest BCUT2D eigenvalue weighted by atomic mass is 9.90. The van der Waals surface area contributed by atoms with Crippen molar-refractivity contribution < 1.29 is 13.9 Å². The first kappa shape index (κ1) is 17.9. The highest BCUT2D eigenvalue weighted by Gasteiger charge is 2.20. The number of aromatic nitrogens is 1. The van der Waals surface area contributed by atoms with Crippen molar-refractivity contribution in [1.82, 2.24) is 10.3 Å². The SMILES string of the molecule is COc1ccc(C(CNC(=O)c2ccoc2C)c2c[nH]c3ccccc23)cc1. The van der Waals surface area contributed by atoms with E-state index in [1.807, 2.05) is 42.6 Å². The molecule has 0 aliphatic rings. The van der Waals surface area contributed by atoms with Gasteiger partial charge in [-0.05, 0) is 42.3 Å². The summed E-state index contributed by atoms with van der Waals surface area (Å²) >= 11 is 0. The van der Waals surface area contributed by atoms with E-state index in [4.69, 9.17) is 9.15 Å². The summed E-state index contributed by atoms with van der Waals surface area (Å²) in [7, 11) is 1.65. The molecule has 2 aromatic heterocycles. The maximum absolute atomic E-state index is 12.6. The molecule has 28 heavy (non-hydrogen) atoms. The van der Waals surface area contributed by atoms with Gasteiger partial charge in [0.1, 0.15) is 11.5 Å². The normalized spacial score (nSPS) is 12.1. The number of hydrogen-bond acceptors (Lipinski definition) is 3. The molecule has 5 heteroatoms. The first-order valence-electron chi connectivity index (χ1n) is 9.19. The molecule has 2 heterocycles. The first-order valence-corrected chi connectivity index (χ1v) is 9.19. The fraction of sp³-hybridized carbons (Fsp3) is 0.174. The number of methoxy groups -OCH3 is 1. The van der Waals surface area contributed by atoms with Crippen LogP contribution in [0.3, 0.4) is 0 Å². The van der Waals surface area contributed by atoms with Crippen LogP contribution in [-0.2, 0) is 0 Å². The van der Waals surface area contributed by atoms with Gasteiger partial charge in [-0.15, -0.1) is 0 Å². The van der Waals surface area contributed by atoms with E-state index in [2.05, 4.69) is 22.4 Å². The zero-order valence-electron chi connectivity index (χ0n) is 15.9. The number of benzene rings is 2. The lowest BCUT2D eigenvalue weighted by Gasteiger charge is -2.18. The Morgan fingerprint density at radius 1 is 1.14 bits per heavy atom. The van der Waals surface area contributed by atoms with Gasteiger partial charge in [0.2, 0.25) is 0 Å². The summed E-state index contributed by atoms with van der Waals surface area (Å²) in [4.78, 5) is 15.9. The quantitative estimate of drug-likeness (QED) is 0.517. The molecular weight excluding hydrogens is 352 g/mol. The van der Waals surface area contributed by atoms with Gasteiger partial charge in [-0.3, -0.25) is 4.79 Å². The number of carbonyl (C=O) groups is 1. The van der Waals surface area contributed by atoms with Crippen LogP contribution in [0, 0.1) is 6.92 Å². The van der Waals surface area contributed by atoms with Crippen molar-refractivity contribution in [1.29, 1.82) is 0 Å². The van der Waals surface area contributed by atoms with Gasteiger partial charge < -0.3 is 19.5 Å². The van der Waals surface area contributed by atoms with Gasteiger partial charge in [-0.1, -0.05) is 30.3 Å². The lowest BCUT2D eigenvalue weighted by molar-refractivity contribution is 0.0951. The molecule has 2 aromatic carbocycles. The smallest absolute Gasteiger partial charge is 0.254 e. The Kier molecular flexibility index (Phi) is 4.89. The van der Waals surface area contributed by atoms with E-state index in [-0.39, 0.29) is 11.8 Å². The van der Waals surface area contributed by atoms with Crippen molar-refractivity contribution in [2.24, 2.45) is 0 Å². The maximum Gasteiger partial charge on any atom is 0.254 e. The molecule has 0 radical (unpaired) electrons. The van der Waals surface area contributed by atoms with Crippen molar-refractivity contribution in [2.45, 2.75) is 12.8 Å². The van der Waals surface area contributed by atoms with Crippen LogP contribution in [0.25, 0.3) is 10.9 Å². The Balaban J connectivity index is 1.67. The molecule has 0 saturated heterocycles. The summed E-state index contributed by atoms with van der Waals surface area (Å²) < 4.78 is 10.5. The van der Waals surface area contributed by atoms with Crippen molar-refractivity contribution in [2.75, 3.05) is 13.7 Å². The molecule has 4 aromatic rings. The second kappa shape index (κ2) is 7.64. The summed E-state index contributed by atoms with van der Waals surface area (Å²) in [6, 6.07) is 17.8. The van der Waals surface area contributed by atoms with E-state index in [1.165, 1.54) is 6.26 Å². The van der Waals surface area contributed by atoms with Crippen molar-refractivity contribution in [3.8, 4) is 5.75 Å². The number of rotatable bonds is 6. The Morgan fingerprint density at radius 3 is 2.64 bits per heavy atom. The standard InChI is InChI=1S/C23H22N2O3/c1-15-18(11-12-28-15)23(26)25-13-20(16-7-9-17(27-2)10-8-16)21-14-24-22-6-4-3-5-19(21)22/h3-12,14,20,24H,13H2,1-2H3,(H,25,26). The average Bonchev–Trinajstić information content (AvgIpc) is 3.35. The molecular formula is C23H22N2O3. The zero-order chi connectivity index (χ0) is 19.5. The summed E-state index contributed by atoms with van der Waals surface area (Å²) in [5, 5.41) is 4.21. The molecule has 1 unspecified atom stereocenters. The summed E-state index contributed by atoms with van der Waals surface area (Å²) in [6.45, 7) is 2.26. The highest BCUT2D eigenvalue weighted by atomic mass is 16.5. The minimum absolute atomic E-state index is 0.00165. The monoisotopic (exact) mass is 374 g/mol. The Hall–Kier alpha value is -3.47.